The molecule has 1 aliphatic rings. The lowest BCUT2D eigenvalue weighted by Crippen LogP contribution is -2.35. The summed E-state index contributed by atoms with van der Waals surface area (Å²) in [6, 6.07) is 0.548. The molecule has 1 aromatic rings. The van der Waals surface area contributed by atoms with Gasteiger partial charge in [0.15, 0.2) is 11.9 Å². The number of hydrogen-bond acceptors (Lipinski definition) is 4. The van der Waals surface area contributed by atoms with Crippen LogP contribution in [0.4, 0.5) is 15.1 Å². The van der Waals surface area contributed by atoms with Crippen molar-refractivity contribution >= 4 is 11.9 Å². The number of rotatable bonds is 2. The fraction of sp³-hybridized carbons (Fsp3) is 0.636. The predicted molar refractivity (Wildman–Crippen MR) is 61.7 cm³/mol. The molecule has 1 N–H and O–H groups in total. The van der Waals surface area contributed by atoms with Crippen LogP contribution < -0.4 is 4.90 Å². The van der Waals surface area contributed by atoms with E-state index in [1.54, 1.807) is 14.0 Å². The van der Waals surface area contributed by atoms with Crippen molar-refractivity contribution in [3.05, 3.63) is 11.8 Å². The Balaban J connectivity index is 2.33. The highest BCUT2D eigenvalue weighted by atomic mass is 19.1. The number of hydrogen-bond donors (Lipinski definition) is 1. The summed E-state index contributed by atoms with van der Waals surface area (Å²) in [7, 11) is 1.58. The zero-order chi connectivity index (χ0) is 13.7. The van der Waals surface area contributed by atoms with E-state index < -0.39 is 17.9 Å². The van der Waals surface area contributed by atoms with Crippen LogP contribution in [0.3, 0.4) is 0 Å². The van der Waals surface area contributed by atoms with E-state index in [0.717, 1.165) is 4.90 Å². The number of halogens is 1. The molecule has 0 bridgehead atoms. The Morgan fingerprint density at radius 3 is 2.56 bits per heavy atom. The molecular weight excluding hydrogens is 241 g/mol. The summed E-state index contributed by atoms with van der Waals surface area (Å²) in [5.74, 6) is 0.0458. The topological polar surface area (TPSA) is 69.8 Å². The lowest BCUT2D eigenvalue weighted by atomic mass is 10.1. The molecule has 0 radical (unpaired) electrons. The second-order valence-corrected chi connectivity index (χ2v) is 4.94. The molecule has 0 aliphatic carbocycles. The van der Waals surface area contributed by atoms with E-state index in [9.17, 15) is 14.3 Å². The van der Waals surface area contributed by atoms with E-state index in [0.29, 0.717) is 0 Å². The largest absolute Gasteiger partial charge is 0.371 e. The normalized spacial score (nSPS) is 25.1. The first-order valence-corrected chi connectivity index (χ1v) is 5.63. The van der Waals surface area contributed by atoms with Crippen LogP contribution >= 0.6 is 0 Å². The zero-order valence-corrected chi connectivity index (χ0v) is 10.7. The minimum absolute atomic E-state index is 0.0458. The summed E-state index contributed by atoms with van der Waals surface area (Å²) in [5.41, 5.74) is -1.58. The molecule has 100 valence electrons. The molecule has 0 aromatic carbocycles. The molecule has 2 rings (SSSR count). The number of aliphatic hydroxyl groups is 1. The van der Waals surface area contributed by atoms with Crippen LogP contribution in [-0.4, -0.2) is 40.5 Å². The highest BCUT2D eigenvalue weighted by Gasteiger charge is 2.43. The first kappa shape index (κ1) is 12.8. The van der Waals surface area contributed by atoms with Crippen molar-refractivity contribution in [2.75, 3.05) is 11.9 Å². The van der Waals surface area contributed by atoms with Gasteiger partial charge in [-0.05, 0) is 20.8 Å². The number of urea groups is 1. The summed E-state index contributed by atoms with van der Waals surface area (Å²) in [6.45, 7) is 4.39. The molecule has 0 spiro atoms. The van der Waals surface area contributed by atoms with Crippen LogP contribution in [0.25, 0.3) is 0 Å². The quantitative estimate of drug-likeness (QED) is 0.870. The van der Waals surface area contributed by atoms with Crippen molar-refractivity contribution in [2.24, 2.45) is 0 Å². The average Bonchev–Trinajstić information content (AvgIpc) is 2.81. The molecule has 1 unspecified atom stereocenters. The molecule has 1 aromatic heterocycles. The highest BCUT2D eigenvalue weighted by molar-refractivity contribution is 5.93. The maximum Gasteiger partial charge on any atom is 0.329 e. The minimum Gasteiger partial charge on any atom is -0.371 e. The van der Waals surface area contributed by atoms with E-state index in [1.807, 2.05) is 0 Å². The van der Waals surface area contributed by atoms with Crippen LogP contribution in [0.2, 0.25) is 0 Å². The van der Waals surface area contributed by atoms with Gasteiger partial charge in [-0.15, -0.1) is 0 Å². The number of aliphatic hydroxyl groups excluding tert-OH is 1. The van der Waals surface area contributed by atoms with Gasteiger partial charge in [0.2, 0.25) is 5.88 Å². The van der Waals surface area contributed by atoms with Crippen molar-refractivity contribution in [1.29, 1.82) is 0 Å². The summed E-state index contributed by atoms with van der Waals surface area (Å²) < 4.78 is 18.6. The number of alkyl halides is 1. The number of amides is 2. The predicted octanol–water partition coefficient (Wildman–Crippen LogP) is 1.46. The summed E-state index contributed by atoms with van der Waals surface area (Å²) in [6.07, 6.45) is -1.04. The Labute approximate surface area is 104 Å². The van der Waals surface area contributed by atoms with E-state index >= 15 is 0 Å². The standard InChI is InChI=1S/C11H16FN3O3/c1-6-9(16)15(10(17)14(6)4)8-5-7(13-18-8)11(2,3)12/h5-6,9,16H,1-4H3/t6-,9?/m1/s1. The highest BCUT2D eigenvalue weighted by Crippen LogP contribution is 2.31. The Morgan fingerprint density at radius 1 is 1.56 bits per heavy atom. The van der Waals surface area contributed by atoms with Crippen LogP contribution in [0.1, 0.15) is 26.5 Å². The summed E-state index contributed by atoms with van der Waals surface area (Å²) in [5, 5.41) is 13.5. The molecule has 1 fully saturated rings. The van der Waals surface area contributed by atoms with E-state index in [1.165, 1.54) is 24.8 Å². The number of aromatic nitrogens is 1. The van der Waals surface area contributed by atoms with E-state index in [4.69, 9.17) is 4.52 Å². The SMILES string of the molecule is C[C@@H]1C(O)N(c2cc(C(C)(C)F)no2)C(=O)N1C. The molecule has 1 saturated heterocycles. The van der Waals surface area contributed by atoms with Crippen LogP contribution in [0.5, 0.6) is 0 Å². The lowest BCUT2D eigenvalue weighted by molar-refractivity contribution is 0.135. The molecule has 6 nitrogen and oxygen atoms in total. The van der Waals surface area contributed by atoms with Gasteiger partial charge in [-0.25, -0.2) is 14.1 Å². The molecule has 18 heavy (non-hydrogen) atoms. The van der Waals surface area contributed by atoms with E-state index in [2.05, 4.69) is 5.16 Å². The third kappa shape index (κ3) is 1.84. The number of likely N-dealkylation sites (N-methyl/N-ethyl adjacent to an activating group) is 1. The minimum atomic E-state index is -1.66. The van der Waals surface area contributed by atoms with Gasteiger partial charge in [-0.1, -0.05) is 5.16 Å². The number of anilines is 1. The van der Waals surface area contributed by atoms with Gasteiger partial charge in [-0.2, -0.15) is 0 Å². The fourth-order valence-corrected chi connectivity index (χ4v) is 1.76. The van der Waals surface area contributed by atoms with Gasteiger partial charge in [0, 0.05) is 13.1 Å². The average molecular weight is 257 g/mol. The molecule has 1 aliphatic heterocycles. The second-order valence-electron chi connectivity index (χ2n) is 4.94. The first-order chi connectivity index (χ1) is 8.23. The Morgan fingerprint density at radius 2 is 2.17 bits per heavy atom. The number of carbonyl (C=O) groups excluding carboxylic acids is 1. The molecule has 2 amide bonds. The van der Waals surface area contributed by atoms with Gasteiger partial charge in [0.25, 0.3) is 0 Å². The molecule has 2 heterocycles. The smallest absolute Gasteiger partial charge is 0.329 e. The van der Waals surface area contributed by atoms with Gasteiger partial charge >= 0.3 is 6.03 Å². The molecular formula is C11H16FN3O3. The maximum atomic E-state index is 13.7. The van der Waals surface area contributed by atoms with Gasteiger partial charge < -0.3 is 14.5 Å². The zero-order valence-electron chi connectivity index (χ0n) is 10.7. The van der Waals surface area contributed by atoms with Crippen molar-refractivity contribution in [1.82, 2.24) is 10.1 Å². The van der Waals surface area contributed by atoms with E-state index in [-0.39, 0.29) is 17.6 Å². The van der Waals surface area contributed by atoms with Crippen LogP contribution in [0.15, 0.2) is 10.6 Å². The van der Waals surface area contributed by atoms with Gasteiger partial charge in [-0.3, -0.25) is 0 Å². The maximum absolute atomic E-state index is 13.7. The van der Waals surface area contributed by atoms with Gasteiger partial charge in [0.1, 0.15) is 5.69 Å². The number of nitrogens with zero attached hydrogens (tertiary/aromatic N) is 3. The Bertz CT molecular complexity index is 468. The van der Waals surface area contributed by atoms with Crippen molar-refractivity contribution < 1.29 is 18.8 Å². The number of carbonyl (C=O) groups is 1. The van der Waals surface area contributed by atoms with Crippen LogP contribution in [-0.2, 0) is 5.67 Å². The Kier molecular flexibility index (Phi) is 2.81. The monoisotopic (exact) mass is 257 g/mol. The third-order valence-electron chi connectivity index (χ3n) is 3.16. The lowest BCUT2D eigenvalue weighted by Gasteiger charge is -2.16. The van der Waals surface area contributed by atoms with Crippen molar-refractivity contribution in [3.8, 4) is 0 Å². The van der Waals surface area contributed by atoms with Crippen LogP contribution in [0, 0.1) is 0 Å². The molecule has 2 atom stereocenters. The summed E-state index contributed by atoms with van der Waals surface area (Å²) >= 11 is 0. The Hall–Kier alpha value is -1.63. The van der Waals surface area contributed by atoms with Crippen molar-refractivity contribution in [2.45, 2.75) is 38.7 Å². The van der Waals surface area contributed by atoms with Gasteiger partial charge in [0.05, 0.1) is 6.04 Å². The summed E-state index contributed by atoms with van der Waals surface area (Å²) in [4.78, 5) is 14.3. The first-order valence-electron chi connectivity index (χ1n) is 5.63. The third-order valence-corrected chi connectivity index (χ3v) is 3.16. The van der Waals surface area contributed by atoms with Crippen molar-refractivity contribution in [3.63, 3.8) is 0 Å². The molecule has 0 saturated carbocycles. The molecule has 7 heteroatoms. The fourth-order valence-electron chi connectivity index (χ4n) is 1.76. The second kappa shape index (κ2) is 3.94.